The lowest BCUT2D eigenvalue weighted by Gasteiger charge is -2.35. The summed E-state index contributed by atoms with van der Waals surface area (Å²) < 4.78 is 6.04. The van der Waals surface area contributed by atoms with Crippen molar-refractivity contribution >= 4 is 17.8 Å². The van der Waals surface area contributed by atoms with Gasteiger partial charge in [0.15, 0.2) is 0 Å². The first-order valence-electron chi connectivity index (χ1n) is 10.3. The zero-order valence-electron chi connectivity index (χ0n) is 17.2. The smallest absolute Gasteiger partial charge is 0.254 e. The molecule has 0 bridgehead atoms. The molecule has 156 valence electrons. The van der Waals surface area contributed by atoms with Crippen molar-refractivity contribution in [2.75, 3.05) is 25.5 Å². The molecule has 0 atom stereocenters. The summed E-state index contributed by atoms with van der Waals surface area (Å²) in [6.45, 7) is 2.38. The highest BCUT2D eigenvalue weighted by atomic mass is 16.5. The standard InChI is InChI=1S/C24H23N5O2/c1-26-22-9-19(4-2-16(22)11-25)31-20-6-7-28-23(10-20)15-3-5-21-17(8-15)14-29(24(21)30)18-12-27-13-18/h2-11,18,25-27H,12-14H2,1H3. The molecule has 1 amide bonds. The fourth-order valence-corrected chi connectivity index (χ4v) is 4.00. The lowest BCUT2D eigenvalue weighted by Crippen LogP contribution is -2.57. The Balaban J connectivity index is 1.39. The van der Waals surface area contributed by atoms with Crippen LogP contribution in [0.25, 0.3) is 11.3 Å². The molecule has 1 saturated heterocycles. The van der Waals surface area contributed by atoms with Crippen LogP contribution in [0.5, 0.6) is 11.5 Å². The van der Waals surface area contributed by atoms with E-state index in [0.29, 0.717) is 24.1 Å². The topological polar surface area (TPSA) is 90.3 Å². The molecule has 2 aliphatic rings. The number of rotatable bonds is 6. The van der Waals surface area contributed by atoms with Crippen LogP contribution >= 0.6 is 0 Å². The third kappa shape index (κ3) is 3.53. The molecular weight excluding hydrogens is 390 g/mol. The Kier molecular flexibility index (Phi) is 4.88. The number of amides is 1. The Hall–Kier alpha value is -3.71. The van der Waals surface area contributed by atoms with E-state index in [1.165, 1.54) is 6.21 Å². The van der Waals surface area contributed by atoms with Crippen molar-refractivity contribution in [1.29, 1.82) is 5.41 Å². The van der Waals surface area contributed by atoms with Crippen molar-refractivity contribution in [3.63, 3.8) is 0 Å². The number of nitrogens with zero attached hydrogens (tertiary/aromatic N) is 2. The third-order valence-corrected chi connectivity index (χ3v) is 5.85. The first-order valence-corrected chi connectivity index (χ1v) is 10.3. The van der Waals surface area contributed by atoms with E-state index in [-0.39, 0.29) is 5.91 Å². The molecule has 1 fully saturated rings. The van der Waals surface area contributed by atoms with Gasteiger partial charge in [-0.25, -0.2) is 0 Å². The molecule has 7 heteroatoms. The maximum absolute atomic E-state index is 12.7. The largest absolute Gasteiger partial charge is 0.457 e. The van der Waals surface area contributed by atoms with Crippen LogP contribution < -0.4 is 15.4 Å². The van der Waals surface area contributed by atoms with Gasteiger partial charge in [0.25, 0.3) is 5.91 Å². The summed E-state index contributed by atoms with van der Waals surface area (Å²) in [4.78, 5) is 19.1. The zero-order valence-corrected chi connectivity index (χ0v) is 17.2. The van der Waals surface area contributed by atoms with Gasteiger partial charge in [0.1, 0.15) is 11.5 Å². The first kappa shape index (κ1) is 19.3. The molecule has 7 nitrogen and oxygen atoms in total. The van der Waals surface area contributed by atoms with E-state index in [2.05, 4.69) is 21.7 Å². The highest BCUT2D eigenvalue weighted by Gasteiger charge is 2.35. The number of pyridine rings is 1. The quantitative estimate of drug-likeness (QED) is 0.538. The van der Waals surface area contributed by atoms with Gasteiger partial charge in [0.2, 0.25) is 0 Å². The number of aromatic nitrogens is 1. The van der Waals surface area contributed by atoms with Crippen LogP contribution in [0.2, 0.25) is 0 Å². The van der Waals surface area contributed by atoms with Gasteiger partial charge in [0, 0.05) is 73.6 Å². The van der Waals surface area contributed by atoms with Crippen molar-refractivity contribution in [3.05, 3.63) is 71.4 Å². The van der Waals surface area contributed by atoms with Crippen LogP contribution in [0, 0.1) is 5.41 Å². The highest BCUT2D eigenvalue weighted by Crippen LogP contribution is 2.32. The van der Waals surface area contributed by atoms with Gasteiger partial charge in [-0.15, -0.1) is 0 Å². The number of carbonyl (C=O) groups excluding carboxylic acids is 1. The van der Waals surface area contributed by atoms with Gasteiger partial charge in [-0.05, 0) is 35.9 Å². The second-order valence-electron chi connectivity index (χ2n) is 7.74. The normalized spacial score (nSPS) is 15.4. The van der Waals surface area contributed by atoms with Crippen molar-refractivity contribution < 1.29 is 9.53 Å². The average Bonchev–Trinajstić information content (AvgIpc) is 3.08. The molecule has 0 aliphatic carbocycles. The van der Waals surface area contributed by atoms with Crippen molar-refractivity contribution in [2.45, 2.75) is 12.6 Å². The monoisotopic (exact) mass is 413 g/mol. The van der Waals surface area contributed by atoms with E-state index >= 15 is 0 Å². The SMILES string of the molecule is CNc1cc(Oc2ccnc(-c3ccc4c(c3)CN(C3CNC3)C4=O)c2)ccc1C=N. The first-order chi connectivity index (χ1) is 15.2. The van der Waals surface area contributed by atoms with Crippen molar-refractivity contribution in [1.82, 2.24) is 15.2 Å². The number of hydrogen-bond donors (Lipinski definition) is 3. The number of ether oxygens (including phenoxy) is 1. The summed E-state index contributed by atoms with van der Waals surface area (Å²) in [5.74, 6) is 1.47. The van der Waals surface area contributed by atoms with E-state index < -0.39 is 0 Å². The van der Waals surface area contributed by atoms with Crippen LogP contribution in [0.4, 0.5) is 5.69 Å². The molecule has 31 heavy (non-hydrogen) atoms. The van der Waals surface area contributed by atoms with E-state index in [4.69, 9.17) is 10.1 Å². The minimum absolute atomic E-state index is 0.117. The number of nitrogens with one attached hydrogen (secondary N) is 3. The van der Waals surface area contributed by atoms with Gasteiger partial charge in [-0.3, -0.25) is 9.78 Å². The number of anilines is 1. The molecule has 0 unspecified atom stereocenters. The Morgan fingerprint density at radius 3 is 2.74 bits per heavy atom. The summed E-state index contributed by atoms with van der Waals surface area (Å²) in [5.41, 5.74) is 5.21. The third-order valence-electron chi connectivity index (χ3n) is 5.85. The second kappa shape index (κ2) is 7.85. The minimum Gasteiger partial charge on any atom is -0.457 e. The summed E-state index contributed by atoms with van der Waals surface area (Å²) in [6, 6.07) is 15.5. The lowest BCUT2D eigenvalue weighted by atomic mass is 10.0. The zero-order chi connectivity index (χ0) is 21.4. The molecule has 5 rings (SSSR count). The van der Waals surface area contributed by atoms with E-state index in [1.54, 1.807) is 6.20 Å². The predicted octanol–water partition coefficient (Wildman–Crippen LogP) is 3.51. The lowest BCUT2D eigenvalue weighted by molar-refractivity contribution is 0.0642. The number of hydrogen-bond acceptors (Lipinski definition) is 6. The second-order valence-corrected chi connectivity index (χ2v) is 7.74. The maximum atomic E-state index is 12.7. The van der Waals surface area contributed by atoms with Gasteiger partial charge in [-0.1, -0.05) is 6.07 Å². The predicted molar refractivity (Wildman–Crippen MR) is 120 cm³/mol. The van der Waals surface area contributed by atoms with Gasteiger partial charge < -0.3 is 25.7 Å². The fourth-order valence-electron chi connectivity index (χ4n) is 4.00. The van der Waals surface area contributed by atoms with Crippen LogP contribution in [-0.2, 0) is 6.54 Å². The average molecular weight is 413 g/mol. The molecule has 2 aromatic carbocycles. The molecule has 0 radical (unpaired) electrons. The van der Waals surface area contributed by atoms with E-state index in [1.807, 2.05) is 54.4 Å². The molecular formula is C24H23N5O2. The van der Waals surface area contributed by atoms with Crippen molar-refractivity contribution in [3.8, 4) is 22.8 Å². The molecule has 0 saturated carbocycles. The summed E-state index contributed by atoms with van der Waals surface area (Å²) >= 11 is 0. The molecule has 3 N–H and O–H groups in total. The minimum atomic E-state index is 0.117. The van der Waals surface area contributed by atoms with Gasteiger partial charge in [0.05, 0.1) is 11.7 Å². The summed E-state index contributed by atoms with van der Waals surface area (Å²) in [5, 5.41) is 13.8. The Labute approximate surface area is 180 Å². The van der Waals surface area contributed by atoms with E-state index in [9.17, 15) is 4.79 Å². The molecule has 1 aromatic heterocycles. The van der Waals surface area contributed by atoms with Crippen LogP contribution in [0.15, 0.2) is 54.7 Å². The Morgan fingerprint density at radius 2 is 2.00 bits per heavy atom. The van der Waals surface area contributed by atoms with Crippen LogP contribution in [-0.4, -0.2) is 48.2 Å². The van der Waals surface area contributed by atoms with Gasteiger partial charge >= 0.3 is 0 Å². The molecule has 3 heterocycles. The van der Waals surface area contributed by atoms with E-state index in [0.717, 1.165) is 46.7 Å². The fraction of sp³-hybridized carbons (Fsp3) is 0.208. The van der Waals surface area contributed by atoms with Crippen molar-refractivity contribution in [2.24, 2.45) is 0 Å². The summed E-state index contributed by atoms with van der Waals surface area (Å²) in [7, 11) is 1.82. The molecule has 2 aliphatic heterocycles. The number of benzene rings is 2. The maximum Gasteiger partial charge on any atom is 0.254 e. The number of carbonyl (C=O) groups is 1. The van der Waals surface area contributed by atoms with Gasteiger partial charge in [-0.2, -0.15) is 0 Å². The Morgan fingerprint density at radius 1 is 1.16 bits per heavy atom. The Bertz CT molecular complexity index is 1170. The number of fused-ring (bicyclic) bond motifs is 1. The van der Waals surface area contributed by atoms with Crippen LogP contribution in [0.3, 0.4) is 0 Å². The molecule has 3 aromatic rings. The molecule has 0 spiro atoms. The summed E-state index contributed by atoms with van der Waals surface area (Å²) in [6.07, 6.45) is 3.03. The van der Waals surface area contributed by atoms with Crippen LogP contribution in [0.1, 0.15) is 21.5 Å². The highest BCUT2D eigenvalue weighted by molar-refractivity contribution is 5.99.